The van der Waals surface area contributed by atoms with Gasteiger partial charge in [0.15, 0.2) is 5.78 Å². The maximum Gasteiger partial charge on any atom is 0.265 e. The summed E-state index contributed by atoms with van der Waals surface area (Å²) in [5.41, 5.74) is 2.71. The Labute approximate surface area is 201 Å². The Hall–Kier alpha value is -4.83. The van der Waals surface area contributed by atoms with E-state index in [1.165, 1.54) is 11.0 Å². The quantitative estimate of drug-likeness (QED) is 0.173. The van der Waals surface area contributed by atoms with Crippen molar-refractivity contribution in [1.82, 2.24) is 0 Å². The average Bonchev–Trinajstić information content (AvgIpc) is 2.90. The molecule has 0 bridgehead atoms. The van der Waals surface area contributed by atoms with Crippen LogP contribution < -0.4 is 4.90 Å². The highest BCUT2D eigenvalue weighted by Crippen LogP contribution is 2.34. The van der Waals surface area contributed by atoms with Crippen LogP contribution in [0.25, 0.3) is 27.6 Å². The summed E-state index contributed by atoms with van der Waals surface area (Å²) in [6.07, 6.45) is 3.33. The third kappa shape index (κ3) is 3.44. The maximum atomic E-state index is 13.3. The number of imide groups is 1. The van der Waals surface area contributed by atoms with E-state index in [-0.39, 0.29) is 5.78 Å². The van der Waals surface area contributed by atoms with E-state index in [0.29, 0.717) is 33.2 Å². The Morgan fingerprint density at radius 3 is 2.17 bits per heavy atom. The van der Waals surface area contributed by atoms with Crippen molar-refractivity contribution in [3.05, 3.63) is 131 Å². The summed E-state index contributed by atoms with van der Waals surface area (Å²) < 4.78 is 0. The molecular weight excluding hydrogens is 434 g/mol. The van der Waals surface area contributed by atoms with Crippen molar-refractivity contribution in [2.75, 3.05) is 4.90 Å². The van der Waals surface area contributed by atoms with E-state index in [9.17, 15) is 14.4 Å². The first-order valence-electron chi connectivity index (χ1n) is 11.3. The van der Waals surface area contributed by atoms with Gasteiger partial charge in [0.2, 0.25) is 0 Å². The van der Waals surface area contributed by atoms with Gasteiger partial charge in [0.25, 0.3) is 11.8 Å². The van der Waals surface area contributed by atoms with Gasteiger partial charge >= 0.3 is 0 Å². The monoisotopic (exact) mass is 453 g/mol. The molecule has 0 aliphatic carbocycles. The number of allylic oxidation sites excluding steroid dienone is 1. The van der Waals surface area contributed by atoms with E-state index in [0.717, 1.165) is 16.3 Å². The summed E-state index contributed by atoms with van der Waals surface area (Å²) in [5.74, 6) is -0.974. The van der Waals surface area contributed by atoms with Crippen LogP contribution in [0.4, 0.5) is 5.69 Å². The molecule has 4 nitrogen and oxygen atoms in total. The van der Waals surface area contributed by atoms with Crippen molar-refractivity contribution in [2.45, 2.75) is 0 Å². The van der Waals surface area contributed by atoms with Crippen LogP contribution in [0.1, 0.15) is 36.6 Å². The normalized spacial score (nSPS) is 13.2. The molecule has 0 N–H and O–H groups in total. The average molecular weight is 453 g/mol. The first-order valence-corrected chi connectivity index (χ1v) is 11.3. The van der Waals surface area contributed by atoms with Gasteiger partial charge in [-0.2, -0.15) is 0 Å². The highest BCUT2D eigenvalue weighted by Gasteiger charge is 2.34. The molecule has 4 heteroatoms. The lowest BCUT2D eigenvalue weighted by molar-refractivity contribution is 0.0892. The molecule has 0 saturated carbocycles. The number of hydrogen-bond donors (Lipinski definition) is 0. The number of carbonyl (C=O) groups excluding carboxylic acids is 3. The molecule has 0 unspecified atom stereocenters. The van der Waals surface area contributed by atoms with Gasteiger partial charge in [-0.3, -0.25) is 14.4 Å². The number of hydrogen-bond acceptors (Lipinski definition) is 3. The van der Waals surface area contributed by atoms with E-state index in [2.05, 4.69) is 0 Å². The lowest BCUT2D eigenvalue weighted by Gasteiger charge is -2.27. The Morgan fingerprint density at radius 1 is 0.657 bits per heavy atom. The number of para-hydroxylation sites is 1. The number of benzene rings is 5. The largest absolute Gasteiger partial charge is 0.289 e. The second kappa shape index (κ2) is 8.19. The van der Waals surface area contributed by atoms with Gasteiger partial charge in [-0.15, -0.1) is 0 Å². The van der Waals surface area contributed by atoms with Gasteiger partial charge in [-0.25, -0.2) is 4.90 Å². The van der Waals surface area contributed by atoms with E-state index in [1.807, 2.05) is 48.5 Å². The number of fused-ring (bicyclic) bond motifs is 1. The van der Waals surface area contributed by atoms with E-state index >= 15 is 0 Å². The smallest absolute Gasteiger partial charge is 0.265 e. The molecule has 1 aliphatic rings. The number of amides is 2. The molecule has 166 valence electrons. The van der Waals surface area contributed by atoms with Crippen LogP contribution in [0.15, 0.2) is 109 Å². The maximum absolute atomic E-state index is 13.3. The molecule has 0 atom stereocenters. The summed E-state index contributed by atoms with van der Waals surface area (Å²) in [7, 11) is 0. The SMILES string of the molecule is O=C(C=Cc1ccc2ccccc2c1)c1ccc2c3c(cccc13)C(=O)N(c1ccccc1)C2=O. The van der Waals surface area contributed by atoms with Crippen molar-refractivity contribution in [2.24, 2.45) is 0 Å². The highest BCUT2D eigenvalue weighted by atomic mass is 16.2. The number of rotatable bonds is 4. The first-order chi connectivity index (χ1) is 17.1. The first kappa shape index (κ1) is 20.8. The number of carbonyl (C=O) groups is 3. The zero-order chi connectivity index (χ0) is 23.9. The third-order valence-electron chi connectivity index (χ3n) is 6.39. The third-order valence-corrected chi connectivity index (χ3v) is 6.39. The fourth-order valence-corrected chi connectivity index (χ4v) is 4.70. The summed E-state index contributed by atoms with van der Waals surface area (Å²) in [6, 6.07) is 31.5. The molecule has 0 aromatic heterocycles. The van der Waals surface area contributed by atoms with Gasteiger partial charge in [0.1, 0.15) is 0 Å². The van der Waals surface area contributed by atoms with Crippen LogP contribution in [0.2, 0.25) is 0 Å². The van der Waals surface area contributed by atoms with Crippen molar-refractivity contribution in [1.29, 1.82) is 0 Å². The zero-order valence-electron chi connectivity index (χ0n) is 18.6. The van der Waals surface area contributed by atoms with Gasteiger partial charge in [0, 0.05) is 22.1 Å². The van der Waals surface area contributed by atoms with Gasteiger partial charge in [-0.1, -0.05) is 72.8 Å². The van der Waals surface area contributed by atoms with Crippen LogP contribution in [-0.4, -0.2) is 17.6 Å². The summed E-state index contributed by atoms with van der Waals surface area (Å²) >= 11 is 0. The predicted molar refractivity (Wildman–Crippen MR) is 139 cm³/mol. The predicted octanol–water partition coefficient (Wildman–Crippen LogP) is 6.69. The highest BCUT2D eigenvalue weighted by molar-refractivity contribution is 6.37. The second-order valence-corrected chi connectivity index (χ2v) is 8.47. The van der Waals surface area contributed by atoms with Crippen molar-refractivity contribution >= 4 is 50.9 Å². The molecule has 1 aliphatic heterocycles. The van der Waals surface area contributed by atoms with E-state index in [4.69, 9.17) is 0 Å². The van der Waals surface area contributed by atoms with Crippen molar-refractivity contribution in [3.8, 4) is 0 Å². The molecular formula is C31H19NO3. The van der Waals surface area contributed by atoms with Crippen LogP contribution in [0, 0.1) is 0 Å². The molecule has 5 aromatic rings. The van der Waals surface area contributed by atoms with Crippen LogP contribution >= 0.6 is 0 Å². The fourth-order valence-electron chi connectivity index (χ4n) is 4.70. The van der Waals surface area contributed by atoms with Crippen LogP contribution in [0.3, 0.4) is 0 Å². The number of anilines is 1. The summed E-state index contributed by atoms with van der Waals surface area (Å²) in [6.45, 7) is 0. The standard InChI is InChI=1S/C31H19NO3/c33-28(18-14-20-13-15-21-7-4-5-8-22(21)19-20)24-16-17-27-29-25(24)11-6-12-26(29)30(34)32(31(27)35)23-9-2-1-3-10-23/h1-19H. The Bertz CT molecular complexity index is 1680. The van der Waals surface area contributed by atoms with E-state index < -0.39 is 11.8 Å². The molecule has 0 saturated heterocycles. The Balaban J connectivity index is 1.40. The Kier molecular flexibility index (Phi) is 4.86. The minimum absolute atomic E-state index is 0.188. The number of ketones is 1. The Morgan fingerprint density at radius 2 is 1.37 bits per heavy atom. The molecule has 35 heavy (non-hydrogen) atoms. The fraction of sp³-hybridized carbons (Fsp3) is 0. The minimum Gasteiger partial charge on any atom is -0.289 e. The van der Waals surface area contributed by atoms with Crippen molar-refractivity contribution < 1.29 is 14.4 Å². The molecule has 2 amide bonds. The molecule has 0 fully saturated rings. The van der Waals surface area contributed by atoms with Gasteiger partial charge in [0.05, 0.1) is 5.69 Å². The summed E-state index contributed by atoms with van der Waals surface area (Å²) in [4.78, 5) is 41.0. The molecule has 5 aromatic carbocycles. The second-order valence-electron chi connectivity index (χ2n) is 8.47. The van der Waals surface area contributed by atoms with Gasteiger partial charge in [-0.05, 0) is 64.2 Å². The zero-order valence-corrected chi connectivity index (χ0v) is 18.6. The molecule has 0 radical (unpaired) electrons. The summed E-state index contributed by atoms with van der Waals surface area (Å²) in [5, 5.41) is 3.37. The van der Waals surface area contributed by atoms with Crippen LogP contribution in [-0.2, 0) is 0 Å². The topological polar surface area (TPSA) is 54.5 Å². The molecule has 1 heterocycles. The number of nitrogens with zero attached hydrogens (tertiary/aromatic N) is 1. The lowest BCUT2D eigenvalue weighted by Crippen LogP contribution is -2.40. The van der Waals surface area contributed by atoms with E-state index in [1.54, 1.807) is 60.7 Å². The molecule has 6 rings (SSSR count). The lowest BCUT2D eigenvalue weighted by atomic mass is 9.89. The van der Waals surface area contributed by atoms with Crippen molar-refractivity contribution in [3.63, 3.8) is 0 Å². The molecule has 0 spiro atoms. The minimum atomic E-state index is -0.393. The van der Waals surface area contributed by atoms with Gasteiger partial charge < -0.3 is 0 Å². The van der Waals surface area contributed by atoms with Crippen LogP contribution in [0.5, 0.6) is 0 Å².